The molecular formula is C14H13FN2O2. The molecule has 0 bridgehead atoms. The zero-order valence-electron chi connectivity index (χ0n) is 10.5. The number of hydrogen-bond acceptors (Lipinski definition) is 3. The van der Waals surface area contributed by atoms with Gasteiger partial charge in [0.1, 0.15) is 11.2 Å². The lowest BCUT2D eigenvalue weighted by molar-refractivity contribution is -0.131. The Morgan fingerprint density at radius 3 is 2.58 bits per heavy atom. The van der Waals surface area contributed by atoms with Crippen LogP contribution in [0.1, 0.15) is 30.1 Å². The highest BCUT2D eigenvalue weighted by atomic mass is 19.1. The van der Waals surface area contributed by atoms with E-state index in [2.05, 4.69) is 0 Å². The van der Waals surface area contributed by atoms with Crippen molar-refractivity contribution in [2.24, 2.45) is 5.41 Å². The number of nitrogens with zero attached hydrogens (tertiary/aromatic N) is 2. The lowest BCUT2D eigenvalue weighted by Gasteiger charge is -2.18. The average Bonchev–Trinajstić information content (AvgIpc) is 2.76. The zero-order valence-corrected chi connectivity index (χ0v) is 10.5. The Labute approximate surface area is 110 Å². The Bertz CT molecular complexity index is 562. The van der Waals surface area contributed by atoms with Gasteiger partial charge < -0.3 is 0 Å². The van der Waals surface area contributed by atoms with Crippen LogP contribution in [-0.4, -0.2) is 23.3 Å². The third-order valence-electron chi connectivity index (χ3n) is 3.57. The van der Waals surface area contributed by atoms with Crippen LogP contribution < -0.4 is 0 Å². The highest BCUT2D eigenvalue weighted by Gasteiger charge is 2.48. The molecule has 4 nitrogen and oxygen atoms in total. The van der Waals surface area contributed by atoms with Crippen molar-refractivity contribution in [3.63, 3.8) is 0 Å². The van der Waals surface area contributed by atoms with Crippen molar-refractivity contribution in [2.75, 3.05) is 6.54 Å². The molecule has 98 valence electrons. The molecule has 0 radical (unpaired) electrons. The number of likely N-dealkylation sites (tertiary alicyclic amines) is 1. The molecule has 2 amide bonds. The summed E-state index contributed by atoms with van der Waals surface area (Å²) in [5.41, 5.74) is -0.838. The molecule has 2 rings (SSSR count). The van der Waals surface area contributed by atoms with Crippen LogP contribution in [0.2, 0.25) is 0 Å². The molecule has 1 saturated heterocycles. The molecule has 1 atom stereocenters. The summed E-state index contributed by atoms with van der Waals surface area (Å²) in [6, 6.07) is 7.04. The van der Waals surface area contributed by atoms with Crippen LogP contribution in [0.5, 0.6) is 0 Å². The molecule has 0 aliphatic carbocycles. The fourth-order valence-electron chi connectivity index (χ4n) is 2.22. The zero-order chi connectivity index (χ0) is 14.0. The van der Waals surface area contributed by atoms with Crippen LogP contribution in [0, 0.1) is 22.6 Å². The average molecular weight is 260 g/mol. The summed E-state index contributed by atoms with van der Waals surface area (Å²) in [6.07, 6.45) is 0.737. The number of hydrogen-bond donors (Lipinski definition) is 0. The van der Waals surface area contributed by atoms with Gasteiger partial charge in [0.15, 0.2) is 0 Å². The summed E-state index contributed by atoms with van der Waals surface area (Å²) < 4.78 is 12.8. The highest BCUT2D eigenvalue weighted by molar-refractivity contribution is 6.08. The first-order valence-electron chi connectivity index (χ1n) is 6.07. The van der Waals surface area contributed by atoms with E-state index in [-0.39, 0.29) is 12.1 Å². The van der Waals surface area contributed by atoms with Gasteiger partial charge in [0.2, 0.25) is 5.91 Å². The second kappa shape index (κ2) is 4.81. The van der Waals surface area contributed by atoms with E-state index in [9.17, 15) is 14.0 Å². The molecule has 1 heterocycles. The molecule has 1 aromatic rings. The van der Waals surface area contributed by atoms with Crippen LogP contribution in [0.15, 0.2) is 24.3 Å². The maximum Gasteiger partial charge on any atom is 0.260 e. The first-order valence-corrected chi connectivity index (χ1v) is 6.07. The molecule has 5 heteroatoms. The number of halogens is 1. The predicted octanol–water partition coefficient (Wildman–Crippen LogP) is 2.12. The van der Waals surface area contributed by atoms with Crippen molar-refractivity contribution >= 4 is 11.8 Å². The molecule has 1 aliphatic heterocycles. The Hall–Kier alpha value is -2.22. The molecule has 1 fully saturated rings. The smallest absolute Gasteiger partial charge is 0.260 e. The maximum atomic E-state index is 12.8. The Morgan fingerprint density at radius 2 is 2.11 bits per heavy atom. The Morgan fingerprint density at radius 1 is 1.47 bits per heavy atom. The highest BCUT2D eigenvalue weighted by Crippen LogP contribution is 2.35. The summed E-state index contributed by atoms with van der Waals surface area (Å²) in [5, 5.41) is 9.14. The third kappa shape index (κ3) is 2.10. The van der Waals surface area contributed by atoms with E-state index < -0.39 is 23.0 Å². The van der Waals surface area contributed by atoms with Crippen LogP contribution in [0.3, 0.4) is 0 Å². The SMILES string of the molecule is CC[C@]1(C#N)CCN(C(=O)c2ccc(F)cc2)C1=O. The third-order valence-corrected chi connectivity index (χ3v) is 3.57. The van der Waals surface area contributed by atoms with Crippen molar-refractivity contribution < 1.29 is 14.0 Å². The normalized spacial score (nSPS) is 22.4. The van der Waals surface area contributed by atoms with Crippen molar-refractivity contribution in [3.05, 3.63) is 35.6 Å². The van der Waals surface area contributed by atoms with Crippen LogP contribution in [-0.2, 0) is 4.79 Å². The van der Waals surface area contributed by atoms with Gasteiger partial charge in [-0.2, -0.15) is 5.26 Å². The number of carbonyl (C=O) groups excluding carboxylic acids is 2. The number of rotatable bonds is 2. The lowest BCUT2D eigenvalue weighted by atomic mass is 9.85. The second-order valence-electron chi connectivity index (χ2n) is 4.57. The molecule has 0 saturated carbocycles. The van der Waals surface area contributed by atoms with E-state index in [1.807, 2.05) is 6.07 Å². The second-order valence-corrected chi connectivity index (χ2v) is 4.57. The molecule has 1 aromatic carbocycles. The number of benzene rings is 1. The van der Waals surface area contributed by atoms with Crippen LogP contribution >= 0.6 is 0 Å². The molecule has 0 N–H and O–H groups in total. The van der Waals surface area contributed by atoms with Crippen molar-refractivity contribution in [1.82, 2.24) is 4.90 Å². The summed E-state index contributed by atoms with van der Waals surface area (Å²) in [4.78, 5) is 25.4. The van der Waals surface area contributed by atoms with Crippen LogP contribution in [0.25, 0.3) is 0 Å². The fourth-order valence-corrected chi connectivity index (χ4v) is 2.22. The predicted molar refractivity (Wildman–Crippen MR) is 65.4 cm³/mol. The minimum Gasteiger partial charge on any atom is -0.277 e. The number of imide groups is 1. The number of carbonyl (C=O) groups is 2. The Balaban J connectivity index is 2.25. The molecule has 0 spiro atoms. The van der Waals surface area contributed by atoms with Crippen molar-refractivity contribution in [2.45, 2.75) is 19.8 Å². The number of amides is 2. The quantitative estimate of drug-likeness (QED) is 0.765. The van der Waals surface area contributed by atoms with Gasteiger partial charge in [-0.1, -0.05) is 6.92 Å². The fraction of sp³-hybridized carbons (Fsp3) is 0.357. The maximum absolute atomic E-state index is 12.8. The summed E-state index contributed by atoms with van der Waals surface area (Å²) in [6.45, 7) is 1.99. The summed E-state index contributed by atoms with van der Waals surface area (Å²) in [7, 11) is 0. The molecule has 19 heavy (non-hydrogen) atoms. The van der Waals surface area contributed by atoms with Crippen LogP contribution in [0.4, 0.5) is 4.39 Å². The molecule has 0 aromatic heterocycles. The van der Waals surface area contributed by atoms with E-state index in [1.165, 1.54) is 24.3 Å². The first kappa shape index (κ1) is 13.2. The van der Waals surface area contributed by atoms with E-state index >= 15 is 0 Å². The van der Waals surface area contributed by atoms with E-state index in [4.69, 9.17) is 5.26 Å². The van der Waals surface area contributed by atoms with Gasteiger partial charge in [-0.05, 0) is 37.1 Å². The van der Waals surface area contributed by atoms with Gasteiger partial charge in [0.05, 0.1) is 6.07 Å². The van der Waals surface area contributed by atoms with Gasteiger partial charge in [-0.25, -0.2) is 4.39 Å². The number of nitriles is 1. The van der Waals surface area contributed by atoms with Crippen molar-refractivity contribution in [3.8, 4) is 6.07 Å². The van der Waals surface area contributed by atoms with Crippen molar-refractivity contribution in [1.29, 1.82) is 5.26 Å². The molecule has 1 aliphatic rings. The van der Waals surface area contributed by atoms with E-state index in [0.717, 1.165) is 4.90 Å². The monoisotopic (exact) mass is 260 g/mol. The van der Waals surface area contributed by atoms with Gasteiger partial charge in [-0.15, -0.1) is 0 Å². The van der Waals surface area contributed by atoms with E-state index in [0.29, 0.717) is 12.8 Å². The Kier molecular flexibility index (Phi) is 3.34. The minimum atomic E-state index is -1.09. The molecule has 0 unspecified atom stereocenters. The standard InChI is InChI=1S/C14H13FN2O2/c1-2-14(9-16)7-8-17(13(14)19)12(18)10-3-5-11(15)6-4-10/h3-6H,2,7-8H2,1H3/t14-/m1/s1. The summed E-state index contributed by atoms with van der Waals surface area (Å²) in [5.74, 6) is -1.37. The largest absolute Gasteiger partial charge is 0.277 e. The van der Waals surface area contributed by atoms with Gasteiger partial charge in [0, 0.05) is 12.1 Å². The summed E-state index contributed by atoms with van der Waals surface area (Å²) >= 11 is 0. The first-order chi connectivity index (χ1) is 9.04. The van der Waals surface area contributed by atoms with Gasteiger partial charge >= 0.3 is 0 Å². The lowest BCUT2D eigenvalue weighted by Crippen LogP contribution is -2.37. The van der Waals surface area contributed by atoms with E-state index in [1.54, 1.807) is 6.92 Å². The topological polar surface area (TPSA) is 61.2 Å². The molecular weight excluding hydrogens is 247 g/mol. The minimum absolute atomic E-state index is 0.233. The van der Waals surface area contributed by atoms with Gasteiger partial charge in [-0.3, -0.25) is 14.5 Å². The van der Waals surface area contributed by atoms with Gasteiger partial charge in [0.25, 0.3) is 5.91 Å².